The maximum atomic E-state index is 13.5. The maximum Gasteiger partial charge on any atom is 0.419 e. The van der Waals surface area contributed by atoms with Gasteiger partial charge in [-0.3, -0.25) is 4.79 Å². The van der Waals surface area contributed by atoms with Crippen molar-refractivity contribution in [1.29, 1.82) is 0 Å². The number of sulfone groups is 1. The highest BCUT2D eigenvalue weighted by Gasteiger charge is 2.37. The van der Waals surface area contributed by atoms with Gasteiger partial charge in [0.1, 0.15) is 5.82 Å². The number of benzene rings is 1. The molecule has 1 aromatic rings. The molecule has 0 saturated heterocycles. The van der Waals surface area contributed by atoms with Crippen molar-refractivity contribution >= 4 is 15.7 Å². The van der Waals surface area contributed by atoms with Gasteiger partial charge in [0.25, 0.3) is 0 Å². The first-order chi connectivity index (χ1) is 13.7. The summed E-state index contributed by atoms with van der Waals surface area (Å²) in [4.78, 5) is 11.3. The van der Waals surface area contributed by atoms with Crippen LogP contribution in [0.15, 0.2) is 23.1 Å². The van der Waals surface area contributed by atoms with Crippen molar-refractivity contribution < 1.29 is 30.8 Å². The predicted octanol–water partition coefficient (Wildman–Crippen LogP) is 3.68. The topological polar surface area (TPSA) is 75.3 Å². The van der Waals surface area contributed by atoms with E-state index in [0.29, 0.717) is 50.9 Å². The van der Waals surface area contributed by atoms with Crippen molar-refractivity contribution in [1.82, 2.24) is 10.6 Å². The van der Waals surface area contributed by atoms with Gasteiger partial charge < -0.3 is 10.6 Å². The molecule has 10 heteroatoms. The van der Waals surface area contributed by atoms with Gasteiger partial charge in [0, 0.05) is 24.5 Å². The number of alkyl halides is 3. The standard InChI is InChI=1S/C20H28F4N2O3S/c1-19(2,3)18(27)26-11-10-25-13-4-6-14(7-5-13)30(28,29)15-8-9-17(21)16(12-15)20(22,23)24/h8-9,12-14,25H,4-7,10-11H2,1-3H3,(H,26,27). The Kier molecular flexibility index (Phi) is 7.55. The van der Waals surface area contributed by atoms with E-state index in [4.69, 9.17) is 0 Å². The third-order valence-electron chi connectivity index (χ3n) is 5.21. The smallest absolute Gasteiger partial charge is 0.354 e. The summed E-state index contributed by atoms with van der Waals surface area (Å²) in [5, 5.41) is 5.28. The van der Waals surface area contributed by atoms with E-state index in [0.717, 1.165) is 6.07 Å². The molecule has 0 heterocycles. The number of amides is 1. The van der Waals surface area contributed by atoms with Crippen molar-refractivity contribution in [3.63, 3.8) is 0 Å². The van der Waals surface area contributed by atoms with Gasteiger partial charge in [-0.1, -0.05) is 20.8 Å². The van der Waals surface area contributed by atoms with Gasteiger partial charge in [-0.15, -0.1) is 0 Å². The van der Waals surface area contributed by atoms with Gasteiger partial charge in [0.05, 0.1) is 15.7 Å². The van der Waals surface area contributed by atoms with Crippen LogP contribution in [0.4, 0.5) is 17.6 Å². The molecule has 1 saturated carbocycles. The van der Waals surface area contributed by atoms with E-state index in [9.17, 15) is 30.8 Å². The highest BCUT2D eigenvalue weighted by atomic mass is 32.2. The lowest BCUT2D eigenvalue weighted by Gasteiger charge is -2.29. The molecule has 1 aliphatic rings. The molecule has 0 aliphatic heterocycles. The Morgan fingerprint density at radius 1 is 1.07 bits per heavy atom. The van der Waals surface area contributed by atoms with Crippen LogP contribution < -0.4 is 10.6 Å². The van der Waals surface area contributed by atoms with Crippen LogP contribution in [-0.2, 0) is 20.8 Å². The van der Waals surface area contributed by atoms with Gasteiger partial charge in [-0.05, 0) is 43.9 Å². The average Bonchev–Trinajstić information content (AvgIpc) is 2.64. The van der Waals surface area contributed by atoms with Gasteiger partial charge >= 0.3 is 6.18 Å². The molecular formula is C20H28F4N2O3S. The molecule has 30 heavy (non-hydrogen) atoms. The molecule has 1 aliphatic carbocycles. The molecule has 0 atom stereocenters. The fraction of sp³-hybridized carbons (Fsp3) is 0.650. The SMILES string of the molecule is CC(C)(C)C(=O)NCCNC1CCC(S(=O)(=O)c2ccc(F)c(C(F)(F)F)c2)CC1. The van der Waals surface area contributed by atoms with E-state index in [1.807, 2.05) is 20.8 Å². The number of hydrogen-bond acceptors (Lipinski definition) is 4. The molecule has 0 aromatic heterocycles. The minimum Gasteiger partial charge on any atom is -0.354 e. The summed E-state index contributed by atoms with van der Waals surface area (Å²) in [5.41, 5.74) is -2.05. The first kappa shape index (κ1) is 24.6. The summed E-state index contributed by atoms with van der Waals surface area (Å²) in [7, 11) is -3.99. The van der Waals surface area contributed by atoms with Crippen LogP contribution in [-0.4, -0.2) is 38.7 Å². The van der Waals surface area contributed by atoms with Crippen LogP contribution >= 0.6 is 0 Å². The minimum atomic E-state index is -4.96. The van der Waals surface area contributed by atoms with Crippen LogP contribution in [0.1, 0.15) is 52.0 Å². The quantitative estimate of drug-likeness (QED) is 0.392. The summed E-state index contributed by atoms with van der Waals surface area (Å²) in [5.74, 6) is -1.55. The van der Waals surface area contributed by atoms with Gasteiger partial charge in [0.15, 0.2) is 9.84 Å². The van der Waals surface area contributed by atoms with E-state index in [1.54, 1.807) is 0 Å². The van der Waals surface area contributed by atoms with E-state index in [-0.39, 0.29) is 11.9 Å². The lowest BCUT2D eigenvalue weighted by molar-refractivity contribution is -0.140. The second-order valence-electron chi connectivity index (χ2n) is 8.62. The Hall–Kier alpha value is -1.68. The molecular weight excluding hydrogens is 424 g/mol. The highest BCUT2D eigenvalue weighted by Crippen LogP contribution is 2.35. The number of nitrogens with one attached hydrogen (secondary N) is 2. The minimum absolute atomic E-state index is 0.0587. The third kappa shape index (κ3) is 6.16. The van der Waals surface area contributed by atoms with Crippen molar-refractivity contribution in [2.24, 2.45) is 5.41 Å². The fourth-order valence-corrected chi connectivity index (χ4v) is 5.20. The molecule has 1 amide bonds. The lowest BCUT2D eigenvalue weighted by atomic mass is 9.95. The van der Waals surface area contributed by atoms with Crippen LogP contribution in [0, 0.1) is 11.2 Å². The zero-order chi connectivity index (χ0) is 22.7. The molecule has 0 bridgehead atoms. The lowest BCUT2D eigenvalue weighted by Crippen LogP contribution is -2.42. The van der Waals surface area contributed by atoms with Crippen molar-refractivity contribution in [2.75, 3.05) is 13.1 Å². The first-order valence-electron chi connectivity index (χ1n) is 9.85. The van der Waals surface area contributed by atoms with Crippen LogP contribution in [0.5, 0.6) is 0 Å². The summed E-state index contributed by atoms with van der Waals surface area (Å²) < 4.78 is 77.7. The van der Waals surface area contributed by atoms with Gasteiger partial charge in [-0.25, -0.2) is 12.8 Å². The monoisotopic (exact) mass is 452 g/mol. The molecule has 5 nitrogen and oxygen atoms in total. The Morgan fingerprint density at radius 2 is 1.67 bits per heavy atom. The molecule has 2 N–H and O–H groups in total. The molecule has 170 valence electrons. The number of halogens is 4. The van der Waals surface area contributed by atoms with Crippen LogP contribution in [0.3, 0.4) is 0 Å². The maximum absolute atomic E-state index is 13.5. The van der Waals surface area contributed by atoms with Gasteiger partial charge in [-0.2, -0.15) is 13.2 Å². The van der Waals surface area contributed by atoms with Crippen molar-refractivity contribution in [3.8, 4) is 0 Å². The largest absolute Gasteiger partial charge is 0.419 e. The Balaban J connectivity index is 1.91. The molecule has 2 rings (SSSR count). The second kappa shape index (κ2) is 9.21. The highest BCUT2D eigenvalue weighted by molar-refractivity contribution is 7.92. The van der Waals surface area contributed by atoms with E-state index in [2.05, 4.69) is 10.6 Å². The van der Waals surface area contributed by atoms with Crippen LogP contribution in [0.2, 0.25) is 0 Å². The summed E-state index contributed by atoms with van der Waals surface area (Å²) in [6, 6.07) is 1.89. The predicted molar refractivity (Wildman–Crippen MR) is 105 cm³/mol. The fourth-order valence-electron chi connectivity index (χ4n) is 3.39. The zero-order valence-corrected chi connectivity index (χ0v) is 18.1. The Morgan fingerprint density at radius 3 is 2.20 bits per heavy atom. The van der Waals surface area contributed by atoms with Crippen molar-refractivity contribution in [3.05, 3.63) is 29.6 Å². The number of carbonyl (C=O) groups is 1. The average molecular weight is 453 g/mol. The van der Waals surface area contributed by atoms with Gasteiger partial charge in [0.2, 0.25) is 5.91 Å². The van der Waals surface area contributed by atoms with E-state index < -0.39 is 43.0 Å². The molecule has 1 aromatic carbocycles. The van der Waals surface area contributed by atoms with Crippen molar-refractivity contribution in [2.45, 2.75) is 68.8 Å². The van der Waals surface area contributed by atoms with E-state index >= 15 is 0 Å². The molecule has 0 radical (unpaired) electrons. The Bertz CT molecular complexity index is 856. The van der Waals surface area contributed by atoms with E-state index in [1.165, 1.54) is 0 Å². The first-order valence-corrected chi connectivity index (χ1v) is 11.4. The summed E-state index contributed by atoms with van der Waals surface area (Å²) in [6.45, 7) is 6.43. The summed E-state index contributed by atoms with van der Waals surface area (Å²) in [6.07, 6.45) is -3.27. The number of hydrogen-bond donors (Lipinski definition) is 2. The molecule has 0 unspecified atom stereocenters. The zero-order valence-electron chi connectivity index (χ0n) is 17.3. The Labute approximate surface area is 174 Å². The second-order valence-corrected chi connectivity index (χ2v) is 10.8. The summed E-state index contributed by atoms with van der Waals surface area (Å²) >= 11 is 0. The number of carbonyl (C=O) groups excluding carboxylic acids is 1. The van der Waals surface area contributed by atoms with Crippen LogP contribution in [0.25, 0.3) is 0 Å². The normalized spacial score (nSPS) is 20.8. The molecule has 1 fully saturated rings. The third-order valence-corrected chi connectivity index (χ3v) is 7.47. The number of rotatable bonds is 6. The molecule has 0 spiro atoms.